The lowest BCUT2D eigenvalue weighted by molar-refractivity contribution is -0.125. The predicted octanol–water partition coefficient (Wildman–Crippen LogP) is 2.98. The number of nitrogens with zero attached hydrogens (tertiary/aromatic N) is 4. The fourth-order valence-electron chi connectivity index (χ4n) is 4.09. The maximum absolute atomic E-state index is 14.8. The van der Waals surface area contributed by atoms with Gasteiger partial charge < -0.3 is 20.1 Å². The molecule has 0 spiro atoms. The van der Waals surface area contributed by atoms with Crippen LogP contribution in [0.5, 0.6) is 11.5 Å². The summed E-state index contributed by atoms with van der Waals surface area (Å²) in [6.45, 7) is 6.39. The standard InChI is InChI=1S/C24H23F2N5O3/c1-5-19(32)30-9-8-14(12-30)31-23-13(2)11-28-24(27)20(23)16(29-31)7-6-15-21(25)17(33-3)10-18(34-4)22(15)26/h5,10-11,14H,1,8-9,12H2,2-4H3,(H2,27,28)/t14-/m0/s1. The maximum atomic E-state index is 14.8. The van der Waals surface area contributed by atoms with Gasteiger partial charge in [0.15, 0.2) is 23.1 Å². The summed E-state index contributed by atoms with van der Waals surface area (Å²) in [4.78, 5) is 17.9. The summed E-state index contributed by atoms with van der Waals surface area (Å²) in [5.74, 6) is 3.02. The van der Waals surface area contributed by atoms with Crippen LogP contribution in [0.2, 0.25) is 0 Å². The first-order valence-corrected chi connectivity index (χ1v) is 10.5. The van der Waals surface area contributed by atoms with Crippen molar-refractivity contribution in [2.45, 2.75) is 19.4 Å². The van der Waals surface area contributed by atoms with Crippen LogP contribution in [0.3, 0.4) is 0 Å². The number of carbonyl (C=O) groups excluding carboxylic acids is 1. The number of fused-ring (bicyclic) bond motifs is 1. The van der Waals surface area contributed by atoms with E-state index in [4.69, 9.17) is 15.2 Å². The SMILES string of the molecule is C=CC(=O)N1CC[C@H](n2nc(C#Cc3c(F)c(OC)cc(OC)c3F)c3c(N)ncc(C)c32)C1. The normalized spacial score (nSPS) is 15.2. The fourth-order valence-corrected chi connectivity index (χ4v) is 4.09. The van der Waals surface area contributed by atoms with Crippen LogP contribution in [0.25, 0.3) is 10.9 Å². The highest BCUT2D eigenvalue weighted by Gasteiger charge is 2.29. The Bertz CT molecular complexity index is 1340. The van der Waals surface area contributed by atoms with Crippen LogP contribution in [0.4, 0.5) is 14.6 Å². The molecule has 1 saturated heterocycles. The lowest BCUT2D eigenvalue weighted by atomic mass is 10.1. The number of carbonyl (C=O) groups is 1. The van der Waals surface area contributed by atoms with E-state index >= 15 is 0 Å². The van der Waals surface area contributed by atoms with Crippen LogP contribution >= 0.6 is 0 Å². The van der Waals surface area contributed by atoms with E-state index in [1.54, 1.807) is 15.8 Å². The number of aromatic nitrogens is 3. The molecule has 1 aliphatic rings. The first-order valence-electron chi connectivity index (χ1n) is 10.5. The van der Waals surface area contributed by atoms with Crippen molar-refractivity contribution in [1.82, 2.24) is 19.7 Å². The summed E-state index contributed by atoms with van der Waals surface area (Å²) < 4.78 is 41.3. The number of aryl methyl sites for hydroxylation is 1. The predicted molar refractivity (Wildman–Crippen MR) is 123 cm³/mol. The fraction of sp³-hybridized carbons (Fsp3) is 0.292. The van der Waals surface area contributed by atoms with Crippen LogP contribution in [0.1, 0.15) is 29.3 Å². The topological polar surface area (TPSA) is 95.5 Å². The number of benzene rings is 1. The molecule has 176 valence electrons. The van der Waals surface area contributed by atoms with Gasteiger partial charge in [0.25, 0.3) is 0 Å². The van der Waals surface area contributed by atoms with E-state index in [1.807, 2.05) is 6.92 Å². The molecule has 1 fully saturated rings. The van der Waals surface area contributed by atoms with Crippen LogP contribution in [0.15, 0.2) is 24.9 Å². The monoisotopic (exact) mass is 467 g/mol. The minimum absolute atomic E-state index is 0.132. The average Bonchev–Trinajstić information content (AvgIpc) is 3.47. The van der Waals surface area contributed by atoms with Gasteiger partial charge in [-0.1, -0.05) is 12.5 Å². The number of nitrogen functional groups attached to an aromatic ring is 1. The zero-order valence-electron chi connectivity index (χ0n) is 19.0. The number of likely N-dealkylation sites (tertiary alicyclic amines) is 1. The minimum Gasteiger partial charge on any atom is -0.493 e. The Morgan fingerprint density at radius 2 is 1.94 bits per heavy atom. The molecule has 0 bridgehead atoms. The van der Waals surface area contributed by atoms with Crippen LogP contribution < -0.4 is 15.2 Å². The zero-order chi connectivity index (χ0) is 24.6. The van der Waals surface area contributed by atoms with Gasteiger partial charge in [0.1, 0.15) is 17.1 Å². The molecule has 8 nitrogen and oxygen atoms in total. The number of anilines is 1. The molecule has 0 saturated carbocycles. The second-order valence-corrected chi connectivity index (χ2v) is 7.81. The molecule has 0 aliphatic carbocycles. The van der Waals surface area contributed by atoms with Crippen LogP contribution in [0, 0.1) is 30.4 Å². The van der Waals surface area contributed by atoms with Crippen molar-refractivity contribution in [3.05, 3.63) is 53.4 Å². The molecule has 1 atom stereocenters. The van der Waals surface area contributed by atoms with Gasteiger partial charge in [-0.15, -0.1) is 0 Å². The van der Waals surface area contributed by atoms with E-state index in [0.29, 0.717) is 30.4 Å². The Labute approximate surface area is 194 Å². The number of methoxy groups -OCH3 is 2. The summed E-state index contributed by atoms with van der Waals surface area (Å²) in [7, 11) is 2.53. The molecule has 10 heteroatoms. The Balaban J connectivity index is 1.86. The number of rotatable bonds is 4. The lowest BCUT2D eigenvalue weighted by Gasteiger charge is -2.15. The van der Waals surface area contributed by atoms with E-state index in [1.165, 1.54) is 20.3 Å². The molecule has 0 unspecified atom stereocenters. The highest BCUT2D eigenvalue weighted by Crippen LogP contribution is 2.33. The Morgan fingerprint density at radius 1 is 1.26 bits per heavy atom. The second kappa shape index (κ2) is 9.02. The number of halogens is 2. The van der Waals surface area contributed by atoms with E-state index in [9.17, 15) is 13.6 Å². The molecule has 3 heterocycles. The van der Waals surface area contributed by atoms with Gasteiger partial charge in [-0.3, -0.25) is 9.48 Å². The zero-order valence-corrected chi connectivity index (χ0v) is 19.0. The Kier molecular flexibility index (Phi) is 6.11. The summed E-state index contributed by atoms with van der Waals surface area (Å²) in [6, 6.07) is 0.981. The number of amides is 1. The van der Waals surface area contributed by atoms with Gasteiger partial charge in [0, 0.05) is 25.4 Å². The van der Waals surface area contributed by atoms with Crippen molar-refractivity contribution in [3.63, 3.8) is 0 Å². The van der Waals surface area contributed by atoms with Crippen molar-refractivity contribution in [1.29, 1.82) is 0 Å². The molecular weight excluding hydrogens is 444 g/mol. The van der Waals surface area contributed by atoms with Crippen molar-refractivity contribution >= 4 is 22.6 Å². The lowest BCUT2D eigenvalue weighted by Crippen LogP contribution is -2.27. The van der Waals surface area contributed by atoms with Gasteiger partial charge in [0.05, 0.1) is 31.2 Å². The first-order chi connectivity index (χ1) is 16.3. The number of ether oxygens (including phenoxy) is 2. The number of hydrogen-bond donors (Lipinski definition) is 1. The minimum atomic E-state index is -0.950. The summed E-state index contributed by atoms with van der Waals surface area (Å²) in [5, 5.41) is 5.11. The number of hydrogen-bond acceptors (Lipinski definition) is 6. The molecule has 3 aromatic rings. The molecular formula is C24H23F2N5O3. The quantitative estimate of drug-likeness (QED) is 0.468. The number of pyridine rings is 1. The third-order valence-electron chi connectivity index (χ3n) is 5.81. The molecule has 1 aliphatic heterocycles. The van der Waals surface area contributed by atoms with E-state index in [-0.39, 0.29) is 35.0 Å². The average molecular weight is 467 g/mol. The first kappa shape index (κ1) is 23.0. The molecule has 2 N–H and O–H groups in total. The highest BCUT2D eigenvalue weighted by molar-refractivity contribution is 5.95. The van der Waals surface area contributed by atoms with Gasteiger partial charge >= 0.3 is 0 Å². The van der Waals surface area contributed by atoms with E-state index in [2.05, 4.69) is 28.5 Å². The molecule has 0 radical (unpaired) electrons. The summed E-state index contributed by atoms with van der Waals surface area (Å²) in [6.07, 6.45) is 3.57. The Morgan fingerprint density at radius 3 is 2.56 bits per heavy atom. The summed E-state index contributed by atoms with van der Waals surface area (Å²) in [5.41, 5.74) is 7.38. The van der Waals surface area contributed by atoms with Crippen molar-refractivity contribution in [2.24, 2.45) is 0 Å². The summed E-state index contributed by atoms with van der Waals surface area (Å²) >= 11 is 0. The maximum Gasteiger partial charge on any atom is 0.246 e. The molecule has 2 aromatic heterocycles. The highest BCUT2D eigenvalue weighted by atomic mass is 19.1. The van der Waals surface area contributed by atoms with Gasteiger partial charge in [-0.25, -0.2) is 13.8 Å². The smallest absolute Gasteiger partial charge is 0.246 e. The van der Waals surface area contributed by atoms with Crippen LogP contribution in [-0.2, 0) is 4.79 Å². The third-order valence-corrected chi connectivity index (χ3v) is 5.81. The van der Waals surface area contributed by atoms with E-state index in [0.717, 1.165) is 11.6 Å². The van der Waals surface area contributed by atoms with E-state index < -0.39 is 17.2 Å². The largest absolute Gasteiger partial charge is 0.493 e. The van der Waals surface area contributed by atoms with Crippen molar-refractivity contribution in [3.8, 4) is 23.3 Å². The third kappa shape index (κ3) is 3.79. The van der Waals surface area contributed by atoms with Gasteiger partial charge in [0.2, 0.25) is 5.91 Å². The number of nitrogens with two attached hydrogens (primary N) is 1. The Hall–Kier alpha value is -4.13. The van der Waals surface area contributed by atoms with Crippen LogP contribution in [-0.4, -0.2) is 52.9 Å². The molecule has 1 aromatic carbocycles. The van der Waals surface area contributed by atoms with Crippen molar-refractivity contribution in [2.75, 3.05) is 33.0 Å². The molecule has 4 rings (SSSR count). The molecule has 34 heavy (non-hydrogen) atoms. The van der Waals surface area contributed by atoms with Gasteiger partial charge in [-0.05, 0) is 30.9 Å². The van der Waals surface area contributed by atoms with Gasteiger partial charge in [-0.2, -0.15) is 5.10 Å². The van der Waals surface area contributed by atoms with Crippen molar-refractivity contribution < 1.29 is 23.0 Å². The second-order valence-electron chi connectivity index (χ2n) is 7.81. The molecule has 1 amide bonds.